The van der Waals surface area contributed by atoms with E-state index in [9.17, 15) is 18.0 Å². The molecule has 2 atom stereocenters. The molecule has 0 unspecified atom stereocenters. The summed E-state index contributed by atoms with van der Waals surface area (Å²) in [6.07, 6.45) is 2.21. The van der Waals surface area contributed by atoms with Crippen molar-refractivity contribution in [3.63, 3.8) is 0 Å². The summed E-state index contributed by atoms with van der Waals surface area (Å²) in [5.41, 5.74) is 0.623. The topological polar surface area (TPSA) is 105 Å². The molecular weight excluding hydrogens is 528 g/mol. The number of carbonyl (C=O) groups excluding carboxylic acids is 1. The average molecular weight is 545 g/mol. The van der Waals surface area contributed by atoms with Gasteiger partial charge in [-0.15, -0.1) is 5.10 Å². The molecule has 38 heavy (non-hydrogen) atoms. The lowest BCUT2D eigenvalue weighted by molar-refractivity contribution is -0.141. The number of fused-ring (bicyclic) bond motifs is 1. The molecule has 194 valence electrons. The number of imidazole rings is 1. The predicted octanol–water partition coefficient (Wildman–Crippen LogP) is 4.78. The van der Waals surface area contributed by atoms with Gasteiger partial charge >= 0.3 is 6.18 Å². The zero-order valence-corrected chi connectivity index (χ0v) is 20.1. The Hall–Kier alpha value is -4.13. The van der Waals surface area contributed by atoms with E-state index in [0.717, 1.165) is 12.3 Å². The first-order valence-electron chi connectivity index (χ1n) is 11.5. The number of benzene rings is 1. The lowest BCUT2D eigenvalue weighted by Gasteiger charge is -2.33. The molecule has 9 nitrogen and oxygen atoms in total. The zero-order chi connectivity index (χ0) is 26.6. The van der Waals surface area contributed by atoms with E-state index < -0.39 is 23.7 Å². The predicted molar refractivity (Wildman–Crippen MR) is 126 cm³/mol. The highest BCUT2D eigenvalue weighted by Crippen LogP contribution is 2.44. The number of hydrogen-bond acceptors (Lipinski definition) is 6. The normalized spacial score (nSPS) is 19.6. The molecule has 14 heteroatoms. The van der Waals surface area contributed by atoms with Crippen molar-refractivity contribution in [3.05, 3.63) is 77.0 Å². The molecule has 2 aliphatic heterocycles. The summed E-state index contributed by atoms with van der Waals surface area (Å²) in [5.74, 6) is -0.545. The van der Waals surface area contributed by atoms with Crippen molar-refractivity contribution >= 4 is 23.1 Å². The van der Waals surface area contributed by atoms with E-state index in [1.807, 2.05) is 0 Å². The highest BCUT2D eigenvalue weighted by atomic mass is 35.5. The first-order valence-corrected chi connectivity index (χ1v) is 11.9. The number of halogens is 5. The smallest absolute Gasteiger partial charge is 0.340 e. The van der Waals surface area contributed by atoms with E-state index in [-0.39, 0.29) is 28.1 Å². The second kappa shape index (κ2) is 9.01. The van der Waals surface area contributed by atoms with Crippen molar-refractivity contribution in [1.82, 2.24) is 40.1 Å². The molecule has 0 aliphatic carbocycles. The second-order valence-electron chi connectivity index (χ2n) is 8.99. The molecule has 1 amide bonds. The summed E-state index contributed by atoms with van der Waals surface area (Å²) in [4.78, 5) is 25.8. The van der Waals surface area contributed by atoms with Gasteiger partial charge in [-0.05, 0) is 59.5 Å². The highest BCUT2D eigenvalue weighted by Gasteiger charge is 2.42. The van der Waals surface area contributed by atoms with Crippen LogP contribution in [-0.4, -0.2) is 52.0 Å². The van der Waals surface area contributed by atoms with Gasteiger partial charge in [-0.1, -0.05) is 11.6 Å². The van der Waals surface area contributed by atoms with Gasteiger partial charge in [0.25, 0.3) is 0 Å². The number of tetrazole rings is 1. The third-order valence-electron chi connectivity index (χ3n) is 6.77. The van der Waals surface area contributed by atoms with E-state index in [0.29, 0.717) is 42.0 Å². The van der Waals surface area contributed by atoms with Crippen molar-refractivity contribution in [2.24, 2.45) is 0 Å². The van der Waals surface area contributed by atoms with Gasteiger partial charge in [-0.2, -0.15) is 17.9 Å². The van der Waals surface area contributed by atoms with Gasteiger partial charge in [0.15, 0.2) is 5.82 Å². The maximum atomic E-state index is 15.2. The SMILES string of the molecule is O=C1C=C(c2c(-n3cnnn3)ccc(Cl)c2F)C[C@@H]2CC[C@@H](c3ncc(-c4ccnc(C(F)(F)F)c4)[nH]3)N12. The summed E-state index contributed by atoms with van der Waals surface area (Å²) in [5, 5.41) is 11.0. The first-order chi connectivity index (χ1) is 18.2. The van der Waals surface area contributed by atoms with E-state index in [1.165, 1.54) is 35.4 Å². The zero-order valence-electron chi connectivity index (χ0n) is 19.3. The van der Waals surface area contributed by atoms with Gasteiger partial charge in [0.2, 0.25) is 5.91 Å². The van der Waals surface area contributed by atoms with Crippen LogP contribution < -0.4 is 0 Å². The number of carbonyl (C=O) groups is 1. The molecule has 0 saturated carbocycles. The van der Waals surface area contributed by atoms with Crippen molar-refractivity contribution in [1.29, 1.82) is 0 Å². The molecule has 1 aromatic carbocycles. The van der Waals surface area contributed by atoms with Gasteiger partial charge in [-0.25, -0.2) is 9.37 Å². The standard InChI is InChI=1S/C24H17ClF4N8O/c25-15-2-4-17(36-11-32-34-35-36)21(22(15)26)13-7-14-1-3-18(37(14)20(38)9-13)23-31-10-16(33-23)12-5-6-30-19(8-12)24(27,28)29/h2,4-6,8-11,14,18H,1,3,7H2,(H,31,33)/t14-,18-/m0/s1. The van der Waals surface area contributed by atoms with Gasteiger partial charge in [0.05, 0.1) is 28.6 Å². The maximum absolute atomic E-state index is 15.2. The fourth-order valence-corrected chi connectivity index (χ4v) is 5.27. The lowest BCUT2D eigenvalue weighted by Crippen LogP contribution is -2.39. The van der Waals surface area contributed by atoms with Crippen LogP contribution in [0.15, 0.2) is 49.1 Å². The average Bonchev–Trinajstić information content (AvgIpc) is 3.66. The minimum atomic E-state index is -4.57. The first kappa shape index (κ1) is 24.2. The Kier molecular flexibility index (Phi) is 5.74. The Morgan fingerprint density at radius 3 is 2.74 bits per heavy atom. The van der Waals surface area contributed by atoms with E-state index in [1.54, 1.807) is 11.0 Å². The number of aromatic amines is 1. The molecular formula is C24H17ClF4N8O. The quantitative estimate of drug-likeness (QED) is 0.371. The molecule has 2 aliphatic rings. The fraction of sp³-hybridized carbons (Fsp3) is 0.250. The maximum Gasteiger partial charge on any atom is 0.433 e. The number of hydrogen-bond donors (Lipinski definition) is 1. The Labute approximate surface area is 217 Å². The van der Waals surface area contributed by atoms with Crippen LogP contribution in [0.5, 0.6) is 0 Å². The van der Waals surface area contributed by atoms with Crippen LogP contribution in [0, 0.1) is 5.82 Å². The molecule has 4 aromatic rings. The summed E-state index contributed by atoms with van der Waals surface area (Å²) in [6, 6.07) is 4.73. The van der Waals surface area contributed by atoms with Crippen molar-refractivity contribution in [3.8, 4) is 16.9 Å². The minimum Gasteiger partial charge on any atom is -0.340 e. The van der Waals surface area contributed by atoms with Gasteiger partial charge in [-0.3, -0.25) is 9.78 Å². The van der Waals surface area contributed by atoms with Crippen LogP contribution in [0.4, 0.5) is 17.6 Å². The summed E-state index contributed by atoms with van der Waals surface area (Å²) in [7, 11) is 0. The number of amides is 1. The number of rotatable bonds is 4. The van der Waals surface area contributed by atoms with Gasteiger partial charge in [0, 0.05) is 29.4 Å². The van der Waals surface area contributed by atoms with Crippen LogP contribution in [-0.2, 0) is 11.0 Å². The van der Waals surface area contributed by atoms with Crippen LogP contribution in [0.25, 0.3) is 22.5 Å². The van der Waals surface area contributed by atoms with Crippen molar-refractivity contribution in [2.45, 2.75) is 37.5 Å². The molecule has 0 bridgehead atoms. The molecule has 6 rings (SSSR count). The molecule has 3 aromatic heterocycles. The Morgan fingerprint density at radius 2 is 1.97 bits per heavy atom. The summed E-state index contributed by atoms with van der Waals surface area (Å²) >= 11 is 6.07. The monoisotopic (exact) mass is 544 g/mol. The van der Waals surface area contributed by atoms with Gasteiger partial charge < -0.3 is 9.88 Å². The minimum absolute atomic E-state index is 0.0928. The molecule has 1 saturated heterocycles. The number of alkyl halides is 3. The second-order valence-corrected chi connectivity index (χ2v) is 9.39. The van der Waals surface area contributed by atoms with E-state index in [2.05, 4.69) is 30.5 Å². The summed E-state index contributed by atoms with van der Waals surface area (Å²) < 4.78 is 55.8. The molecule has 1 fully saturated rings. The number of pyridine rings is 1. The fourth-order valence-electron chi connectivity index (χ4n) is 5.11. The van der Waals surface area contributed by atoms with Crippen molar-refractivity contribution < 1.29 is 22.4 Å². The van der Waals surface area contributed by atoms with Crippen LogP contribution in [0.1, 0.15) is 42.4 Å². The number of aromatic nitrogens is 7. The molecule has 0 radical (unpaired) electrons. The number of nitrogens with one attached hydrogen (secondary N) is 1. The van der Waals surface area contributed by atoms with Crippen LogP contribution in [0.3, 0.4) is 0 Å². The van der Waals surface area contributed by atoms with Gasteiger partial charge in [0.1, 0.15) is 17.8 Å². The Morgan fingerprint density at radius 1 is 1.13 bits per heavy atom. The van der Waals surface area contributed by atoms with Crippen LogP contribution in [0.2, 0.25) is 5.02 Å². The lowest BCUT2D eigenvalue weighted by atomic mass is 9.92. The molecule has 1 N–H and O–H groups in total. The third-order valence-corrected chi connectivity index (χ3v) is 7.06. The number of H-pyrrole nitrogens is 1. The van der Waals surface area contributed by atoms with Crippen LogP contribution >= 0.6 is 11.6 Å². The molecule has 5 heterocycles. The van der Waals surface area contributed by atoms with Crippen molar-refractivity contribution in [2.75, 3.05) is 0 Å². The Bertz CT molecular complexity index is 1570. The molecule has 0 spiro atoms. The van der Waals surface area contributed by atoms with E-state index in [4.69, 9.17) is 11.6 Å². The largest absolute Gasteiger partial charge is 0.433 e. The summed E-state index contributed by atoms with van der Waals surface area (Å²) in [6.45, 7) is 0. The number of nitrogens with zero attached hydrogens (tertiary/aromatic N) is 7. The third kappa shape index (κ3) is 4.12. The Balaban J connectivity index is 1.31. The van der Waals surface area contributed by atoms with E-state index >= 15 is 4.39 Å². The highest BCUT2D eigenvalue weighted by molar-refractivity contribution is 6.31.